The Morgan fingerprint density at radius 2 is 2.10 bits per heavy atom. The van der Waals surface area contributed by atoms with Crippen LogP contribution in [0.4, 0.5) is 0 Å². The third-order valence-electron chi connectivity index (χ3n) is 0.778. The summed E-state index contributed by atoms with van der Waals surface area (Å²) in [5, 5.41) is 0.732. The van der Waals surface area contributed by atoms with Gasteiger partial charge in [0.15, 0.2) is 5.16 Å². The highest BCUT2D eigenvalue weighted by Gasteiger charge is 1.92. The van der Waals surface area contributed by atoms with Crippen LogP contribution in [0.25, 0.3) is 0 Å². The highest BCUT2D eigenvalue weighted by Crippen LogP contribution is 2.09. The summed E-state index contributed by atoms with van der Waals surface area (Å²) in [5.41, 5.74) is 0. The topological polar surface area (TPSA) is 38.7 Å². The lowest BCUT2D eigenvalue weighted by atomic mass is 11.0. The van der Waals surface area contributed by atoms with Gasteiger partial charge < -0.3 is 0 Å². The Morgan fingerprint density at radius 1 is 1.40 bits per heavy atom. The molecule has 0 N–H and O–H groups in total. The lowest BCUT2D eigenvalue weighted by Crippen LogP contribution is -1.88. The van der Waals surface area contributed by atoms with Crippen molar-refractivity contribution in [2.45, 2.75) is 5.16 Å². The van der Waals surface area contributed by atoms with Crippen molar-refractivity contribution < 1.29 is 0 Å². The van der Waals surface area contributed by atoms with Gasteiger partial charge in [-0.1, -0.05) is 11.8 Å². The number of rotatable bonds is 3. The molecule has 10 heavy (non-hydrogen) atoms. The molecule has 0 amide bonds. The average Bonchev–Trinajstić information content (AvgIpc) is 2.03. The van der Waals surface area contributed by atoms with Crippen molar-refractivity contribution in [2.75, 3.05) is 11.6 Å². The van der Waals surface area contributed by atoms with Crippen LogP contribution in [0.3, 0.4) is 0 Å². The Kier molecular flexibility index (Phi) is 3.46. The summed E-state index contributed by atoms with van der Waals surface area (Å²) < 4.78 is 0. The molecule has 0 radical (unpaired) electrons. The van der Waals surface area contributed by atoms with Crippen LogP contribution in [-0.4, -0.2) is 26.6 Å². The van der Waals surface area contributed by atoms with Crippen LogP contribution in [0, 0.1) is 0 Å². The van der Waals surface area contributed by atoms with E-state index in [1.54, 1.807) is 0 Å². The van der Waals surface area contributed by atoms with Crippen molar-refractivity contribution in [1.29, 1.82) is 0 Å². The van der Waals surface area contributed by atoms with E-state index in [0.29, 0.717) is 5.88 Å². The molecule has 1 aromatic heterocycles. The normalized spacial score (nSPS) is 9.70. The van der Waals surface area contributed by atoms with Gasteiger partial charge in [-0.3, -0.25) is 0 Å². The molecule has 0 bridgehead atoms. The second-order valence-corrected chi connectivity index (χ2v) is 2.90. The van der Waals surface area contributed by atoms with E-state index in [-0.39, 0.29) is 0 Å². The fourth-order valence-corrected chi connectivity index (χ4v) is 1.17. The maximum atomic E-state index is 5.46. The molecule has 0 aliphatic heterocycles. The van der Waals surface area contributed by atoms with Crippen LogP contribution < -0.4 is 0 Å². The van der Waals surface area contributed by atoms with Crippen molar-refractivity contribution in [2.24, 2.45) is 0 Å². The molecule has 54 valence electrons. The van der Waals surface area contributed by atoms with E-state index in [1.807, 2.05) is 0 Å². The molecule has 1 rings (SSSR count). The number of thioether (sulfide) groups is 1. The highest BCUT2D eigenvalue weighted by atomic mass is 35.5. The lowest BCUT2D eigenvalue weighted by Gasteiger charge is -1.92. The SMILES string of the molecule is ClCCSc1ncncn1. The van der Waals surface area contributed by atoms with Gasteiger partial charge in [-0.2, -0.15) is 0 Å². The van der Waals surface area contributed by atoms with Gasteiger partial charge in [0.2, 0.25) is 0 Å². The zero-order valence-corrected chi connectivity index (χ0v) is 6.77. The van der Waals surface area contributed by atoms with E-state index in [0.717, 1.165) is 10.9 Å². The lowest BCUT2D eigenvalue weighted by molar-refractivity contribution is 0.902. The zero-order chi connectivity index (χ0) is 7.23. The molecule has 0 saturated carbocycles. The molecule has 0 aliphatic rings. The molecule has 0 aromatic carbocycles. The molecule has 1 aromatic rings. The van der Waals surface area contributed by atoms with Crippen molar-refractivity contribution in [1.82, 2.24) is 15.0 Å². The van der Waals surface area contributed by atoms with Crippen LogP contribution in [0.5, 0.6) is 0 Å². The molecule has 0 saturated heterocycles. The predicted molar refractivity (Wildman–Crippen MR) is 41.3 cm³/mol. The van der Waals surface area contributed by atoms with Gasteiger partial charge in [-0.15, -0.1) is 11.6 Å². The summed E-state index contributed by atoms with van der Waals surface area (Å²) in [6, 6.07) is 0. The first-order valence-electron chi connectivity index (χ1n) is 2.74. The monoisotopic (exact) mass is 175 g/mol. The third-order valence-corrected chi connectivity index (χ3v) is 2.07. The first kappa shape index (κ1) is 7.75. The number of hydrogen-bond acceptors (Lipinski definition) is 4. The van der Waals surface area contributed by atoms with Gasteiger partial charge in [-0.05, 0) is 0 Å². The minimum absolute atomic E-state index is 0.621. The van der Waals surface area contributed by atoms with Crippen molar-refractivity contribution in [3.8, 4) is 0 Å². The molecule has 0 atom stereocenters. The van der Waals surface area contributed by atoms with Crippen molar-refractivity contribution >= 4 is 23.4 Å². The quantitative estimate of drug-likeness (QED) is 0.511. The van der Waals surface area contributed by atoms with E-state index < -0.39 is 0 Å². The van der Waals surface area contributed by atoms with Gasteiger partial charge >= 0.3 is 0 Å². The molecule has 5 heteroatoms. The second-order valence-electron chi connectivity index (χ2n) is 1.46. The van der Waals surface area contributed by atoms with E-state index in [9.17, 15) is 0 Å². The van der Waals surface area contributed by atoms with E-state index in [1.165, 1.54) is 24.4 Å². The van der Waals surface area contributed by atoms with Crippen LogP contribution in [0.1, 0.15) is 0 Å². The minimum Gasteiger partial charge on any atom is -0.225 e. The molecular formula is C5H6ClN3S. The predicted octanol–water partition coefficient (Wildman–Crippen LogP) is 1.20. The number of aromatic nitrogens is 3. The van der Waals surface area contributed by atoms with Crippen molar-refractivity contribution in [3.05, 3.63) is 12.7 Å². The third kappa shape index (κ3) is 2.49. The first-order chi connectivity index (χ1) is 4.93. The van der Waals surface area contributed by atoms with Gasteiger partial charge in [0.25, 0.3) is 0 Å². The van der Waals surface area contributed by atoms with E-state index >= 15 is 0 Å². The molecule has 0 fully saturated rings. The van der Waals surface area contributed by atoms with Crippen LogP contribution >= 0.6 is 23.4 Å². The standard InChI is InChI=1S/C5H6ClN3S/c6-1-2-10-5-8-3-7-4-9-5/h3-4H,1-2H2. The number of nitrogens with zero attached hydrogens (tertiary/aromatic N) is 3. The smallest absolute Gasteiger partial charge is 0.190 e. The van der Waals surface area contributed by atoms with Gasteiger partial charge in [0.1, 0.15) is 12.7 Å². The zero-order valence-electron chi connectivity index (χ0n) is 5.20. The largest absolute Gasteiger partial charge is 0.225 e. The summed E-state index contributed by atoms with van der Waals surface area (Å²) in [6.07, 6.45) is 2.95. The Hall–Kier alpha value is -0.350. The number of halogens is 1. The summed E-state index contributed by atoms with van der Waals surface area (Å²) >= 11 is 6.99. The maximum absolute atomic E-state index is 5.46. The molecule has 0 unspecified atom stereocenters. The van der Waals surface area contributed by atoms with Crippen LogP contribution in [0.15, 0.2) is 17.8 Å². The second kappa shape index (κ2) is 4.46. The maximum Gasteiger partial charge on any atom is 0.190 e. The fourth-order valence-electron chi connectivity index (χ4n) is 0.433. The van der Waals surface area contributed by atoms with Crippen LogP contribution in [0.2, 0.25) is 0 Å². The molecule has 0 spiro atoms. The van der Waals surface area contributed by atoms with Gasteiger partial charge in [0.05, 0.1) is 0 Å². The van der Waals surface area contributed by atoms with Gasteiger partial charge in [-0.25, -0.2) is 15.0 Å². The molecular weight excluding hydrogens is 170 g/mol. The number of alkyl halides is 1. The average molecular weight is 176 g/mol. The fraction of sp³-hybridized carbons (Fsp3) is 0.400. The number of hydrogen-bond donors (Lipinski definition) is 0. The minimum atomic E-state index is 0.621. The summed E-state index contributed by atoms with van der Waals surface area (Å²) in [4.78, 5) is 11.5. The Morgan fingerprint density at radius 3 is 2.70 bits per heavy atom. The Labute approximate surface area is 68.2 Å². The summed E-state index contributed by atoms with van der Waals surface area (Å²) in [7, 11) is 0. The van der Waals surface area contributed by atoms with Crippen molar-refractivity contribution in [3.63, 3.8) is 0 Å². The molecule has 1 heterocycles. The van der Waals surface area contributed by atoms with Crippen LogP contribution in [-0.2, 0) is 0 Å². The summed E-state index contributed by atoms with van der Waals surface area (Å²) in [6.45, 7) is 0. The highest BCUT2D eigenvalue weighted by molar-refractivity contribution is 7.99. The Bertz CT molecular complexity index is 182. The molecule has 0 aliphatic carbocycles. The first-order valence-corrected chi connectivity index (χ1v) is 4.26. The van der Waals surface area contributed by atoms with Gasteiger partial charge in [0, 0.05) is 11.6 Å². The van der Waals surface area contributed by atoms with E-state index in [4.69, 9.17) is 11.6 Å². The summed E-state index contributed by atoms with van der Waals surface area (Å²) in [5.74, 6) is 1.46. The molecule has 3 nitrogen and oxygen atoms in total. The Balaban J connectivity index is 2.43. The van der Waals surface area contributed by atoms with E-state index in [2.05, 4.69) is 15.0 Å².